The first-order valence-corrected chi connectivity index (χ1v) is 10.1. The van der Waals surface area contributed by atoms with E-state index in [0.717, 1.165) is 12.1 Å². The van der Waals surface area contributed by atoms with Gasteiger partial charge < -0.3 is 5.32 Å². The van der Waals surface area contributed by atoms with Gasteiger partial charge in [-0.25, -0.2) is 0 Å². The molecule has 1 N–H and O–H groups in total. The molecule has 1 aliphatic carbocycles. The van der Waals surface area contributed by atoms with Gasteiger partial charge in [0.05, 0.1) is 22.8 Å². The number of carbonyl (C=O) groups is 1. The normalized spacial score (nSPS) is 21.1. The van der Waals surface area contributed by atoms with Crippen LogP contribution in [0.2, 0.25) is 5.02 Å². The summed E-state index contributed by atoms with van der Waals surface area (Å²) in [5, 5.41) is 2.38. The number of hydrogen-bond donors (Lipinski definition) is 1. The zero-order valence-electron chi connectivity index (χ0n) is 14.6. The van der Waals surface area contributed by atoms with Gasteiger partial charge in [-0.05, 0) is 49.8 Å². The van der Waals surface area contributed by atoms with Crippen LogP contribution in [-0.2, 0) is 20.5 Å². The molecule has 29 heavy (non-hydrogen) atoms. The molecule has 0 aromatic heterocycles. The molecule has 1 aliphatic rings. The fourth-order valence-corrected chi connectivity index (χ4v) is 3.57. The van der Waals surface area contributed by atoms with Crippen LogP contribution < -0.4 is 5.32 Å². The summed E-state index contributed by atoms with van der Waals surface area (Å²) in [5.74, 6) is -1.27. The fourth-order valence-electron chi connectivity index (χ4n) is 2.86. The smallest absolute Gasteiger partial charge is 0.349 e. The van der Waals surface area contributed by atoms with E-state index in [2.05, 4.69) is 9.50 Å². The number of hydrogen-bond acceptors (Lipinski definition) is 4. The van der Waals surface area contributed by atoms with Gasteiger partial charge in [0.1, 0.15) is 0 Å². The van der Waals surface area contributed by atoms with E-state index in [9.17, 15) is 39.6 Å². The predicted octanol–water partition coefficient (Wildman–Crippen LogP) is 4.51. The zero-order valence-corrected chi connectivity index (χ0v) is 16.2. The van der Waals surface area contributed by atoms with Crippen LogP contribution in [0, 0.1) is 5.92 Å². The lowest BCUT2D eigenvalue weighted by molar-refractivity contribution is -0.137. The molecule has 1 aromatic carbocycles. The molecule has 1 amide bonds. The molecule has 5 nitrogen and oxygen atoms in total. The van der Waals surface area contributed by atoms with E-state index >= 15 is 0 Å². The minimum atomic E-state index is -5.66. The Morgan fingerprint density at radius 1 is 1.10 bits per heavy atom. The number of alkyl halides is 6. The van der Waals surface area contributed by atoms with Crippen molar-refractivity contribution in [1.29, 1.82) is 0 Å². The molecule has 0 unspecified atom stereocenters. The molecule has 2 rings (SSSR count). The van der Waals surface area contributed by atoms with Crippen LogP contribution in [0.1, 0.15) is 41.6 Å². The van der Waals surface area contributed by atoms with Crippen molar-refractivity contribution in [2.24, 2.45) is 5.92 Å². The lowest BCUT2D eigenvalue weighted by Gasteiger charge is -2.29. The second kappa shape index (κ2) is 8.68. The van der Waals surface area contributed by atoms with Crippen molar-refractivity contribution in [3.05, 3.63) is 34.3 Å². The van der Waals surface area contributed by atoms with Crippen molar-refractivity contribution in [2.75, 3.05) is 6.61 Å². The van der Waals surface area contributed by atoms with Gasteiger partial charge >= 0.3 is 21.8 Å². The topological polar surface area (TPSA) is 72.5 Å². The van der Waals surface area contributed by atoms with Gasteiger partial charge in [0.2, 0.25) is 0 Å². The number of halogens is 7. The summed E-state index contributed by atoms with van der Waals surface area (Å²) in [6.07, 6.45) is -3.51. The highest BCUT2D eigenvalue weighted by Gasteiger charge is 2.47. The molecule has 0 atom stereocenters. The van der Waals surface area contributed by atoms with Crippen molar-refractivity contribution in [1.82, 2.24) is 5.32 Å². The summed E-state index contributed by atoms with van der Waals surface area (Å²) < 4.78 is 101. The number of nitrogens with one attached hydrogen (secondary N) is 1. The second-order valence-electron chi connectivity index (χ2n) is 6.57. The molecular formula is C16H16ClF6NO4S. The highest BCUT2D eigenvalue weighted by molar-refractivity contribution is 7.87. The lowest BCUT2D eigenvalue weighted by Crippen LogP contribution is -2.38. The van der Waals surface area contributed by atoms with Crippen LogP contribution in [0.4, 0.5) is 26.3 Å². The molecule has 1 aromatic rings. The van der Waals surface area contributed by atoms with E-state index in [4.69, 9.17) is 11.6 Å². The minimum absolute atomic E-state index is 0.157. The molecule has 1 saturated carbocycles. The highest BCUT2D eigenvalue weighted by atomic mass is 35.5. The Kier molecular flexibility index (Phi) is 7.11. The molecule has 164 valence electrons. The maximum Gasteiger partial charge on any atom is 0.523 e. The Hall–Kier alpha value is -1.53. The summed E-state index contributed by atoms with van der Waals surface area (Å²) >= 11 is 5.81. The number of rotatable bonds is 5. The third-order valence-electron chi connectivity index (χ3n) is 4.46. The Morgan fingerprint density at radius 2 is 1.69 bits per heavy atom. The molecule has 0 radical (unpaired) electrons. The maximum absolute atomic E-state index is 12.8. The Morgan fingerprint density at radius 3 is 2.21 bits per heavy atom. The van der Waals surface area contributed by atoms with Crippen LogP contribution in [0.3, 0.4) is 0 Å². The molecule has 0 spiro atoms. The van der Waals surface area contributed by atoms with E-state index in [1.807, 2.05) is 0 Å². The van der Waals surface area contributed by atoms with Crippen LogP contribution >= 0.6 is 11.6 Å². The minimum Gasteiger partial charge on any atom is -0.349 e. The summed E-state index contributed by atoms with van der Waals surface area (Å²) in [5.41, 5.74) is -6.87. The average Bonchev–Trinajstić information content (AvgIpc) is 2.59. The second-order valence-corrected chi connectivity index (χ2v) is 8.58. The predicted molar refractivity (Wildman–Crippen MR) is 90.6 cm³/mol. The van der Waals surface area contributed by atoms with Crippen LogP contribution in [0.15, 0.2) is 18.2 Å². The molecule has 13 heteroatoms. The highest BCUT2D eigenvalue weighted by Crippen LogP contribution is 2.32. The van der Waals surface area contributed by atoms with Crippen LogP contribution in [-0.4, -0.2) is 32.5 Å². The van der Waals surface area contributed by atoms with Crippen molar-refractivity contribution < 1.29 is 43.7 Å². The fraction of sp³-hybridized carbons (Fsp3) is 0.562. The molecule has 1 fully saturated rings. The quantitative estimate of drug-likeness (QED) is 0.393. The van der Waals surface area contributed by atoms with Crippen molar-refractivity contribution in [3.8, 4) is 0 Å². The van der Waals surface area contributed by atoms with Crippen LogP contribution in [0.5, 0.6) is 0 Å². The first-order chi connectivity index (χ1) is 13.2. The standard InChI is InChI=1S/C16H16ClF6NO4S/c17-13-6-3-10(15(18,19)20)7-12(13)14(25)24-11-4-1-9(2-5-11)8-28-29(26,27)16(21,22)23/h3,6-7,9,11H,1-2,4-5,8H2,(H,24,25)/t9-,11-. The monoisotopic (exact) mass is 467 g/mol. The van der Waals surface area contributed by atoms with E-state index < -0.39 is 51.8 Å². The van der Waals surface area contributed by atoms with E-state index in [0.29, 0.717) is 18.9 Å². The first kappa shape index (κ1) is 23.7. The Balaban J connectivity index is 1.91. The summed E-state index contributed by atoms with van der Waals surface area (Å²) in [6, 6.07) is 1.91. The largest absolute Gasteiger partial charge is 0.523 e. The summed E-state index contributed by atoms with van der Waals surface area (Å²) in [4.78, 5) is 12.3. The van der Waals surface area contributed by atoms with Gasteiger partial charge in [0.15, 0.2) is 0 Å². The van der Waals surface area contributed by atoms with Gasteiger partial charge in [0.25, 0.3) is 5.91 Å². The number of benzene rings is 1. The molecule has 0 saturated heterocycles. The first-order valence-electron chi connectivity index (χ1n) is 8.34. The van der Waals surface area contributed by atoms with Crippen LogP contribution in [0.25, 0.3) is 0 Å². The third kappa shape index (κ3) is 6.22. The molecule has 0 bridgehead atoms. The average molecular weight is 468 g/mol. The van der Waals surface area contributed by atoms with Crippen molar-refractivity contribution >= 4 is 27.6 Å². The number of amides is 1. The van der Waals surface area contributed by atoms with E-state index in [1.54, 1.807) is 0 Å². The third-order valence-corrected chi connectivity index (χ3v) is 5.81. The zero-order chi connectivity index (χ0) is 22.0. The van der Waals surface area contributed by atoms with Gasteiger partial charge in [-0.15, -0.1) is 0 Å². The van der Waals surface area contributed by atoms with Gasteiger partial charge in [-0.2, -0.15) is 34.8 Å². The Bertz CT molecular complexity index is 848. The SMILES string of the molecule is O=C(N[C@H]1CC[C@H](COS(=O)(=O)C(F)(F)F)CC1)c1cc(C(F)(F)F)ccc1Cl. The summed E-state index contributed by atoms with van der Waals surface area (Å²) in [7, 11) is -5.66. The summed E-state index contributed by atoms with van der Waals surface area (Å²) in [6.45, 7) is -0.637. The lowest BCUT2D eigenvalue weighted by atomic mass is 9.86. The van der Waals surface area contributed by atoms with E-state index in [-0.39, 0.29) is 23.4 Å². The van der Waals surface area contributed by atoms with Gasteiger partial charge in [0, 0.05) is 6.04 Å². The van der Waals surface area contributed by atoms with E-state index in [1.165, 1.54) is 0 Å². The van der Waals surface area contributed by atoms with Crippen molar-refractivity contribution in [3.63, 3.8) is 0 Å². The number of carbonyl (C=O) groups excluding carboxylic acids is 1. The van der Waals surface area contributed by atoms with Gasteiger partial charge in [-0.1, -0.05) is 11.6 Å². The van der Waals surface area contributed by atoms with Gasteiger partial charge in [-0.3, -0.25) is 8.98 Å². The molecule has 0 heterocycles. The molecule has 0 aliphatic heterocycles. The maximum atomic E-state index is 12.8. The van der Waals surface area contributed by atoms with Crippen molar-refractivity contribution in [2.45, 2.75) is 43.4 Å². The molecular weight excluding hydrogens is 452 g/mol. The Labute approximate surface area is 167 Å².